The van der Waals surface area contributed by atoms with Gasteiger partial charge in [0.15, 0.2) is 0 Å². The lowest BCUT2D eigenvalue weighted by Gasteiger charge is -2.28. The normalized spacial score (nSPS) is 28.6. The molecule has 0 spiro atoms. The van der Waals surface area contributed by atoms with Crippen molar-refractivity contribution in [3.05, 3.63) is 41.0 Å². The Balaban J connectivity index is 1.59. The molecular formula is C25H33NO3. The number of fused-ring (bicyclic) bond motifs is 5. The summed E-state index contributed by atoms with van der Waals surface area (Å²) in [6.45, 7) is 13.0. The van der Waals surface area contributed by atoms with Gasteiger partial charge < -0.3 is 5.11 Å². The molecule has 1 aromatic carbocycles. The molecule has 2 fully saturated rings. The summed E-state index contributed by atoms with van der Waals surface area (Å²) in [6, 6.07) is 4.09. The number of nitrogens with zero attached hydrogens (tertiary/aromatic N) is 1. The zero-order chi connectivity index (χ0) is 21.3. The van der Waals surface area contributed by atoms with Crippen LogP contribution >= 0.6 is 0 Å². The van der Waals surface area contributed by atoms with Gasteiger partial charge in [0.25, 0.3) is 0 Å². The van der Waals surface area contributed by atoms with E-state index in [1.807, 2.05) is 12.1 Å². The summed E-state index contributed by atoms with van der Waals surface area (Å²) in [4.78, 5) is 27.4. The fourth-order valence-electron chi connectivity index (χ4n) is 5.41. The highest BCUT2D eigenvalue weighted by atomic mass is 16.3. The van der Waals surface area contributed by atoms with Gasteiger partial charge in [-0.1, -0.05) is 65.8 Å². The number of imide groups is 1. The Hall–Kier alpha value is -2.10. The number of carbonyl (C=O) groups excluding carboxylic acids is 2. The molecule has 2 aliphatic carbocycles. The van der Waals surface area contributed by atoms with Crippen LogP contribution in [-0.4, -0.2) is 28.4 Å². The molecule has 0 aromatic heterocycles. The van der Waals surface area contributed by atoms with E-state index in [1.54, 1.807) is 0 Å². The van der Waals surface area contributed by atoms with Crippen molar-refractivity contribution in [1.82, 2.24) is 4.90 Å². The summed E-state index contributed by atoms with van der Waals surface area (Å²) in [5.41, 5.74) is 2.51. The van der Waals surface area contributed by atoms with E-state index in [0.29, 0.717) is 18.7 Å². The summed E-state index contributed by atoms with van der Waals surface area (Å²) in [5.74, 6) is 0.630. The molecule has 29 heavy (non-hydrogen) atoms. The van der Waals surface area contributed by atoms with E-state index in [1.165, 1.54) is 4.90 Å². The molecule has 1 aromatic rings. The van der Waals surface area contributed by atoms with Crippen molar-refractivity contribution in [2.75, 3.05) is 6.54 Å². The smallest absolute Gasteiger partial charge is 0.233 e. The van der Waals surface area contributed by atoms with Crippen molar-refractivity contribution in [2.45, 2.75) is 65.2 Å². The van der Waals surface area contributed by atoms with E-state index in [0.717, 1.165) is 23.1 Å². The second kappa shape index (κ2) is 6.45. The number of likely N-dealkylation sites (tertiary alicyclic amines) is 1. The van der Waals surface area contributed by atoms with E-state index in [4.69, 9.17) is 0 Å². The Morgan fingerprint density at radius 3 is 1.76 bits per heavy atom. The number of aromatic hydroxyl groups is 1. The van der Waals surface area contributed by atoms with Crippen LogP contribution in [0.1, 0.15) is 64.7 Å². The van der Waals surface area contributed by atoms with Crippen LogP contribution in [0.25, 0.3) is 0 Å². The molecule has 2 bridgehead atoms. The molecule has 4 rings (SSSR count). The zero-order valence-electron chi connectivity index (χ0n) is 18.5. The number of hydrogen-bond acceptors (Lipinski definition) is 3. The van der Waals surface area contributed by atoms with E-state index in [9.17, 15) is 14.7 Å². The molecule has 4 unspecified atom stereocenters. The number of benzene rings is 1. The number of allylic oxidation sites excluding steroid dienone is 2. The van der Waals surface area contributed by atoms with Crippen molar-refractivity contribution in [2.24, 2.45) is 23.7 Å². The van der Waals surface area contributed by atoms with Gasteiger partial charge in [0.05, 0.1) is 11.8 Å². The number of phenolic OH excluding ortho intramolecular Hbond substituents is 1. The highest BCUT2D eigenvalue weighted by Gasteiger charge is 2.58. The largest absolute Gasteiger partial charge is 0.507 e. The molecular weight excluding hydrogens is 362 g/mol. The van der Waals surface area contributed by atoms with E-state index >= 15 is 0 Å². The summed E-state index contributed by atoms with van der Waals surface area (Å²) in [6.07, 6.45) is 5.84. The molecule has 1 saturated heterocycles. The lowest BCUT2D eigenvalue weighted by atomic mass is 9.78. The highest BCUT2D eigenvalue weighted by molar-refractivity contribution is 6.06. The maximum atomic E-state index is 12.9. The average molecular weight is 396 g/mol. The lowest BCUT2D eigenvalue weighted by molar-refractivity contribution is -0.140. The molecule has 1 aliphatic heterocycles. The van der Waals surface area contributed by atoms with Gasteiger partial charge in [0, 0.05) is 6.54 Å². The van der Waals surface area contributed by atoms with E-state index in [-0.39, 0.29) is 46.3 Å². The monoisotopic (exact) mass is 395 g/mol. The van der Waals surface area contributed by atoms with Crippen molar-refractivity contribution >= 4 is 11.8 Å². The number of hydrogen-bond donors (Lipinski definition) is 1. The minimum Gasteiger partial charge on any atom is -0.507 e. The predicted octanol–water partition coefficient (Wildman–Crippen LogP) is 4.34. The molecule has 3 aliphatic rings. The van der Waals surface area contributed by atoms with Crippen LogP contribution in [0.3, 0.4) is 0 Å². The molecule has 0 radical (unpaired) electrons. The van der Waals surface area contributed by atoms with Crippen LogP contribution in [0.5, 0.6) is 5.75 Å². The Labute approximate surface area is 174 Å². The molecule has 156 valence electrons. The van der Waals surface area contributed by atoms with Crippen molar-refractivity contribution in [1.29, 1.82) is 0 Å². The third-order valence-electron chi connectivity index (χ3n) is 6.97. The SMILES string of the molecule is CC(C)(C)c1cc(CCN2C(=O)C3C4C=CC(C4)C3C2=O)cc(C(C)(C)C)c1O. The van der Waals surface area contributed by atoms with E-state index in [2.05, 4.69) is 53.7 Å². The standard InChI is InChI=1S/C25H33NO3/c1-24(2,3)17-11-14(12-18(21(17)27)25(4,5)6)9-10-26-22(28)19-15-7-8-16(13-15)20(19)23(26)29/h7-8,11-12,15-16,19-20,27H,9-10,13H2,1-6H3. The second-order valence-electron chi connectivity index (χ2n) is 11.1. The quantitative estimate of drug-likeness (QED) is 0.612. The van der Waals surface area contributed by atoms with Crippen molar-refractivity contribution in [3.8, 4) is 5.75 Å². The lowest BCUT2D eigenvalue weighted by Crippen LogP contribution is -2.34. The molecule has 2 amide bonds. The molecule has 1 heterocycles. The van der Waals surface area contributed by atoms with Gasteiger partial charge in [-0.25, -0.2) is 0 Å². The first-order valence-electron chi connectivity index (χ1n) is 10.8. The topological polar surface area (TPSA) is 57.6 Å². The summed E-state index contributed by atoms with van der Waals surface area (Å²) in [5, 5.41) is 10.9. The Morgan fingerprint density at radius 1 is 0.897 bits per heavy atom. The highest BCUT2D eigenvalue weighted by Crippen LogP contribution is 2.52. The Bertz CT molecular complexity index is 835. The van der Waals surface area contributed by atoms with Gasteiger partial charge in [-0.05, 0) is 52.2 Å². The third kappa shape index (κ3) is 3.21. The van der Waals surface area contributed by atoms with Crippen LogP contribution in [-0.2, 0) is 26.8 Å². The van der Waals surface area contributed by atoms with Gasteiger partial charge in [0.1, 0.15) is 5.75 Å². The maximum absolute atomic E-state index is 12.9. The third-order valence-corrected chi connectivity index (χ3v) is 6.97. The van der Waals surface area contributed by atoms with Gasteiger partial charge in [-0.2, -0.15) is 0 Å². The van der Waals surface area contributed by atoms with Crippen molar-refractivity contribution in [3.63, 3.8) is 0 Å². The molecule has 1 saturated carbocycles. The summed E-state index contributed by atoms with van der Waals surface area (Å²) < 4.78 is 0. The summed E-state index contributed by atoms with van der Waals surface area (Å²) in [7, 11) is 0. The second-order valence-corrected chi connectivity index (χ2v) is 11.1. The number of amides is 2. The van der Waals surface area contributed by atoms with Gasteiger partial charge in [-0.15, -0.1) is 0 Å². The average Bonchev–Trinajstić information content (AvgIpc) is 3.27. The number of rotatable bonds is 3. The summed E-state index contributed by atoms with van der Waals surface area (Å²) >= 11 is 0. The Morgan fingerprint density at radius 2 is 1.34 bits per heavy atom. The molecule has 4 nitrogen and oxygen atoms in total. The van der Waals surface area contributed by atoms with Gasteiger partial charge in [0.2, 0.25) is 11.8 Å². The number of carbonyl (C=O) groups is 2. The first-order valence-corrected chi connectivity index (χ1v) is 10.8. The molecule has 1 N–H and O–H groups in total. The van der Waals surface area contributed by atoms with E-state index < -0.39 is 0 Å². The minimum absolute atomic E-state index is 0.0164. The van der Waals surface area contributed by atoms with Crippen LogP contribution in [0, 0.1) is 23.7 Å². The first-order chi connectivity index (χ1) is 13.4. The molecule has 4 atom stereocenters. The fourth-order valence-corrected chi connectivity index (χ4v) is 5.41. The maximum Gasteiger partial charge on any atom is 0.233 e. The van der Waals surface area contributed by atoms with Crippen LogP contribution < -0.4 is 0 Å². The molecule has 4 heteroatoms. The van der Waals surface area contributed by atoms with Crippen molar-refractivity contribution < 1.29 is 14.7 Å². The van der Waals surface area contributed by atoms with Gasteiger partial charge in [-0.3, -0.25) is 14.5 Å². The Kier molecular flexibility index (Phi) is 4.49. The van der Waals surface area contributed by atoms with Crippen LogP contribution in [0.15, 0.2) is 24.3 Å². The van der Waals surface area contributed by atoms with Gasteiger partial charge >= 0.3 is 0 Å². The van der Waals surface area contributed by atoms with Crippen LogP contribution in [0.4, 0.5) is 0 Å². The minimum atomic E-state index is -0.193. The van der Waals surface area contributed by atoms with Crippen LogP contribution in [0.2, 0.25) is 0 Å². The zero-order valence-corrected chi connectivity index (χ0v) is 18.5. The predicted molar refractivity (Wildman–Crippen MR) is 114 cm³/mol. The first kappa shape index (κ1) is 20.2. The fraction of sp³-hybridized carbons (Fsp3) is 0.600. The number of phenols is 1.